The van der Waals surface area contributed by atoms with Crippen molar-refractivity contribution < 1.29 is 0 Å². The first-order valence-corrected chi connectivity index (χ1v) is 8.16. The molecule has 0 unspecified atom stereocenters. The monoisotopic (exact) mass is 307 g/mol. The summed E-state index contributed by atoms with van der Waals surface area (Å²) in [5.74, 6) is 0.789. The van der Waals surface area contributed by atoms with Crippen molar-refractivity contribution in [1.29, 1.82) is 0 Å². The minimum absolute atomic E-state index is 0.789. The molecule has 0 fully saturated rings. The molecular weight excluding hydrogens is 274 g/mol. The summed E-state index contributed by atoms with van der Waals surface area (Å²) in [6.07, 6.45) is 12.3. The molecule has 0 spiro atoms. The molecule has 5 nitrogen and oxygen atoms in total. The minimum Gasteiger partial charge on any atom is -0.405 e. The number of hydrogen-bond acceptors (Lipinski definition) is 5. The van der Waals surface area contributed by atoms with Crippen molar-refractivity contribution in [2.75, 3.05) is 32.7 Å². The van der Waals surface area contributed by atoms with Gasteiger partial charge in [-0.15, -0.1) is 0 Å². The Bertz CT molecular complexity index is 347. The Labute approximate surface area is 136 Å². The van der Waals surface area contributed by atoms with Gasteiger partial charge in [-0.25, -0.2) is 4.99 Å². The minimum atomic E-state index is 0.789. The molecule has 0 saturated carbocycles. The van der Waals surface area contributed by atoms with E-state index >= 15 is 0 Å². The zero-order valence-electron chi connectivity index (χ0n) is 14.2. The van der Waals surface area contributed by atoms with E-state index < -0.39 is 0 Å². The maximum absolute atomic E-state index is 5.28. The summed E-state index contributed by atoms with van der Waals surface area (Å²) < 4.78 is 0. The largest absolute Gasteiger partial charge is 0.405 e. The summed E-state index contributed by atoms with van der Waals surface area (Å²) in [4.78, 5) is 6.48. The molecule has 0 atom stereocenters. The predicted octanol–water partition coefficient (Wildman–Crippen LogP) is 2.21. The van der Waals surface area contributed by atoms with Crippen molar-refractivity contribution >= 4 is 6.21 Å². The summed E-state index contributed by atoms with van der Waals surface area (Å²) in [6, 6.07) is 0. The van der Waals surface area contributed by atoms with Crippen molar-refractivity contribution in [3.63, 3.8) is 0 Å². The van der Waals surface area contributed by atoms with E-state index in [0.29, 0.717) is 0 Å². The molecule has 0 aliphatic heterocycles. The highest BCUT2D eigenvalue weighted by Crippen LogP contribution is 2.03. The highest BCUT2D eigenvalue weighted by Gasteiger charge is 2.04. The lowest BCUT2D eigenvalue weighted by molar-refractivity contribution is 0.339. The molecule has 5 heteroatoms. The first-order chi connectivity index (χ1) is 10.8. The van der Waals surface area contributed by atoms with Gasteiger partial charge in [-0.05, 0) is 51.2 Å². The fraction of sp³-hybridized carbons (Fsp3) is 0.588. The van der Waals surface area contributed by atoms with Crippen LogP contribution in [0.15, 0.2) is 41.9 Å². The van der Waals surface area contributed by atoms with Crippen LogP contribution in [-0.4, -0.2) is 43.8 Å². The average molecular weight is 307 g/mol. The van der Waals surface area contributed by atoms with Crippen LogP contribution in [-0.2, 0) is 0 Å². The molecule has 0 heterocycles. The van der Waals surface area contributed by atoms with Crippen molar-refractivity contribution in [1.82, 2.24) is 15.5 Å². The highest BCUT2D eigenvalue weighted by atomic mass is 15.2. The number of hydrogen-bond donors (Lipinski definition) is 3. The maximum Gasteiger partial charge on any atom is 0.121 e. The van der Waals surface area contributed by atoms with Crippen LogP contribution in [0.4, 0.5) is 0 Å². The van der Waals surface area contributed by atoms with Gasteiger partial charge in [0.2, 0.25) is 0 Å². The zero-order valence-corrected chi connectivity index (χ0v) is 14.2. The fourth-order valence-electron chi connectivity index (χ4n) is 1.92. The van der Waals surface area contributed by atoms with E-state index in [1.807, 2.05) is 19.2 Å². The van der Waals surface area contributed by atoms with Gasteiger partial charge in [-0.2, -0.15) is 0 Å². The van der Waals surface area contributed by atoms with Gasteiger partial charge in [0.25, 0.3) is 0 Å². The van der Waals surface area contributed by atoms with Gasteiger partial charge in [-0.3, -0.25) is 0 Å². The highest BCUT2D eigenvalue weighted by molar-refractivity contribution is 5.71. The molecule has 0 bridgehead atoms. The molecule has 0 aliphatic carbocycles. The molecule has 0 aliphatic rings. The van der Waals surface area contributed by atoms with Crippen LogP contribution in [0, 0.1) is 0 Å². The lowest BCUT2D eigenvalue weighted by Crippen LogP contribution is -2.32. The zero-order chi connectivity index (χ0) is 16.5. The Morgan fingerprint density at radius 1 is 1.23 bits per heavy atom. The third-order valence-electron chi connectivity index (χ3n) is 3.05. The second-order valence-corrected chi connectivity index (χ2v) is 4.98. The predicted molar refractivity (Wildman–Crippen MR) is 97.7 cm³/mol. The SMILES string of the molecule is C=C(/N=C\C=C/N)N(CCC)CCNCCCCN/C=C/C. The molecule has 126 valence electrons. The van der Waals surface area contributed by atoms with Crippen molar-refractivity contribution in [2.45, 2.75) is 33.1 Å². The van der Waals surface area contributed by atoms with Crippen LogP contribution in [0.1, 0.15) is 33.1 Å². The quantitative estimate of drug-likeness (QED) is 0.340. The second-order valence-electron chi connectivity index (χ2n) is 4.98. The van der Waals surface area contributed by atoms with Gasteiger partial charge in [0.15, 0.2) is 0 Å². The molecular formula is C17H33N5. The second kappa shape index (κ2) is 15.6. The summed E-state index contributed by atoms with van der Waals surface area (Å²) in [7, 11) is 0. The van der Waals surface area contributed by atoms with E-state index in [2.05, 4.69) is 34.0 Å². The van der Waals surface area contributed by atoms with Crippen molar-refractivity contribution in [3.05, 3.63) is 37.0 Å². The van der Waals surface area contributed by atoms with E-state index in [0.717, 1.165) is 45.0 Å². The topological polar surface area (TPSA) is 65.7 Å². The summed E-state index contributed by atoms with van der Waals surface area (Å²) in [5.41, 5.74) is 5.28. The Hall–Kier alpha value is -1.75. The third kappa shape index (κ3) is 12.0. The van der Waals surface area contributed by atoms with Crippen LogP contribution in [0.2, 0.25) is 0 Å². The Kier molecular flexibility index (Phi) is 14.4. The van der Waals surface area contributed by atoms with Crippen molar-refractivity contribution in [2.24, 2.45) is 10.7 Å². The first-order valence-electron chi connectivity index (χ1n) is 8.16. The van der Waals surface area contributed by atoms with Gasteiger partial charge in [0, 0.05) is 32.4 Å². The molecule has 0 rings (SSSR count). The van der Waals surface area contributed by atoms with E-state index in [4.69, 9.17) is 5.73 Å². The third-order valence-corrected chi connectivity index (χ3v) is 3.05. The van der Waals surface area contributed by atoms with Gasteiger partial charge in [0.1, 0.15) is 5.82 Å². The molecule has 0 aromatic heterocycles. The summed E-state index contributed by atoms with van der Waals surface area (Å²) >= 11 is 0. The van der Waals surface area contributed by atoms with Crippen LogP contribution in [0.25, 0.3) is 0 Å². The molecule has 0 aromatic rings. The van der Waals surface area contributed by atoms with E-state index in [1.165, 1.54) is 19.0 Å². The van der Waals surface area contributed by atoms with Gasteiger partial charge in [0.05, 0.1) is 0 Å². The molecule has 4 N–H and O–H groups in total. The summed E-state index contributed by atoms with van der Waals surface area (Å²) in [5, 5.41) is 6.71. The van der Waals surface area contributed by atoms with Gasteiger partial charge in [-0.1, -0.05) is 19.6 Å². The standard InChI is InChI=1S/C17H33N5/c1-4-10-19-11-6-7-12-20-14-16-22(15-5-2)17(3)21-13-8-9-18/h4,8-10,13,19-20H,3,5-7,11-12,14-16,18H2,1-2H3/b9-8-,10-4+,21-13-. The van der Waals surface area contributed by atoms with Crippen LogP contribution >= 0.6 is 0 Å². The molecule has 0 radical (unpaired) electrons. The Morgan fingerprint density at radius 3 is 2.68 bits per heavy atom. The van der Waals surface area contributed by atoms with E-state index in [-0.39, 0.29) is 0 Å². The number of nitrogens with two attached hydrogens (primary N) is 1. The lowest BCUT2D eigenvalue weighted by atomic mass is 10.3. The van der Waals surface area contributed by atoms with E-state index in [9.17, 15) is 0 Å². The molecule has 0 amide bonds. The molecule has 22 heavy (non-hydrogen) atoms. The Balaban J connectivity index is 3.79. The normalized spacial score (nSPS) is 11.7. The number of unbranched alkanes of at least 4 members (excludes halogenated alkanes) is 1. The van der Waals surface area contributed by atoms with Crippen LogP contribution in [0.3, 0.4) is 0 Å². The van der Waals surface area contributed by atoms with Gasteiger partial charge < -0.3 is 21.3 Å². The summed E-state index contributed by atoms with van der Waals surface area (Å²) in [6.45, 7) is 13.1. The number of nitrogens with zero attached hydrogens (tertiary/aromatic N) is 2. The number of allylic oxidation sites excluding steroid dienone is 2. The van der Waals surface area contributed by atoms with Crippen LogP contribution < -0.4 is 16.4 Å². The Morgan fingerprint density at radius 2 is 2.00 bits per heavy atom. The number of aliphatic imine (C=N–C) groups is 1. The lowest BCUT2D eigenvalue weighted by Gasteiger charge is -2.23. The smallest absolute Gasteiger partial charge is 0.121 e. The molecule has 0 saturated heterocycles. The number of rotatable bonds is 14. The first kappa shape index (κ1) is 20.2. The number of nitrogens with one attached hydrogen (secondary N) is 2. The van der Waals surface area contributed by atoms with Crippen molar-refractivity contribution in [3.8, 4) is 0 Å². The van der Waals surface area contributed by atoms with Crippen LogP contribution in [0.5, 0.6) is 0 Å². The maximum atomic E-state index is 5.28. The molecule has 0 aromatic carbocycles. The average Bonchev–Trinajstić information content (AvgIpc) is 2.52. The fourth-order valence-corrected chi connectivity index (χ4v) is 1.92. The van der Waals surface area contributed by atoms with E-state index in [1.54, 1.807) is 12.3 Å². The van der Waals surface area contributed by atoms with Gasteiger partial charge >= 0.3 is 0 Å².